The van der Waals surface area contributed by atoms with Gasteiger partial charge in [-0.25, -0.2) is 0 Å². The van der Waals surface area contributed by atoms with Crippen LogP contribution < -0.4 is 0 Å². The van der Waals surface area contributed by atoms with Gasteiger partial charge >= 0.3 is 0 Å². The van der Waals surface area contributed by atoms with Crippen molar-refractivity contribution in [3.05, 3.63) is 164 Å². The molecule has 0 saturated carbocycles. The van der Waals surface area contributed by atoms with Crippen LogP contribution in [-0.4, -0.2) is 4.98 Å². The summed E-state index contributed by atoms with van der Waals surface area (Å²) in [6, 6.07) is 55.3. The van der Waals surface area contributed by atoms with Gasteiger partial charge in [-0.2, -0.15) is 0 Å². The van der Waals surface area contributed by atoms with Gasteiger partial charge in [0.25, 0.3) is 0 Å². The Kier molecular flexibility index (Phi) is 5.57. The van der Waals surface area contributed by atoms with E-state index in [0.29, 0.717) is 0 Å². The third-order valence-corrected chi connectivity index (χ3v) is 9.10. The average Bonchev–Trinajstić information content (AvgIpc) is 3.09. The molecular weight excluding hydrogens is 530 g/mol. The third kappa shape index (κ3) is 3.83. The van der Waals surface area contributed by atoms with Crippen molar-refractivity contribution in [2.24, 2.45) is 0 Å². The quantitative estimate of drug-likeness (QED) is 0.197. The van der Waals surface area contributed by atoms with Gasteiger partial charge in [-0.05, 0) is 88.4 Å². The van der Waals surface area contributed by atoms with Crippen LogP contribution in [0, 0.1) is 0 Å². The van der Waals surface area contributed by atoms with Crippen LogP contribution >= 0.6 is 0 Å². The Morgan fingerprint density at radius 3 is 1.59 bits per heavy atom. The van der Waals surface area contributed by atoms with E-state index in [1.165, 1.54) is 76.3 Å². The van der Waals surface area contributed by atoms with Crippen molar-refractivity contribution in [3.63, 3.8) is 0 Å². The zero-order chi connectivity index (χ0) is 29.0. The monoisotopic (exact) mass is 557 g/mol. The molecule has 0 bridgehead atoms. The molecule has 0 radical (unpaired) electrons. The predicted octanol–water partition coefficient (Wildman–Crippen LogP) is 11.8. The van der Waals surface area contributed by atoms with Crippen molar-refractivity contribution in [3.8, 4) is 33.4 Å². The molecule has 44 heavy (non-hydrogen) atoms. The second-order valence-electron chi connectivity index (χ2n) is 11.6. The maximum atomic E-state index is 4.55. The molecule has 0 aliphatic rings. The van der Waals surface area contributed by atoms with Crippen molar-refractivity contribution in [1.82, 2.24) is 4.98 Å². The maximum absolute atomic E-state index is 4.55. The van der Waals surface area contributed by atoms with E-state index in [9.17, 15) is 0 Å². The van der Waals surface area contributed by atoms with Crippen molar-refractivity contribution in [1.29, 1.82) is 0 Å². The molecule has 0 aliphatic heterocycles. The van der Waals surface area contributed by atoms with Crippen LogP contribution in [0.1, 0.15) is 0 Å². The van der Waals surface area contributed by atoms with Gasteiger partial charge in [-0.3, -0.25) is 4.98 Å². The first-order valence-electron chi connectivity index (χ1n) is 15.1. The Morgan fingerprint density at radius 1 is 0.295 bits per heavy atom. The van der Waals surface area contributed by atoms with E-state index in [1.54, 1.807) is 0 Å². The number of benzene rings is 8. The summed E-state index contributed by atoms with van der Waals surface area (Å²) in [6.07, 6.45) is 3.93. The lowest BCUT2D eigenvalue weighted by molar-refractivity contribution is 1.36. The van der Waals surface area contributed by atoms with Gasteiger partial charge < -0.3 is 0 Å². The number of nitrogens with zero attached hydrogens (tertiary/aromatic N) is 1. The van der Waals surface area contributed by atoms with E-state index in [2.05, 4.69) is 157 Å². The SMILES string of the molecule is c1ccc2cc(-c3c4ccccc4c(-c4cccc5cc(-c6cncc7ccccc67)ccc45)c4ccccc34)ccc2c1. The highest BCUT2D eigenvalue weighted by atomic mass is 14.6. The number of hydrogen-bond donors (Lipinski definition) is 0. The first kappa shape index (κ1) is 24.8. The molecule has 1 aromatic heterocycles. The molecule has 9 rings (SSSR count). The second kappa shape index (κ2) is 9.90. The molecule has 0 aliphatic carbocycles. The standard InChI is InChI=1S/C43H27N/c1-2-11-29-24-32(21-20-28(29)10-1)42-37-15-5-7-17-39(37)43(40-18-8-6-16-38(40)42)36-19-9-13-30-25-31(22-23-35(30)36)41-27-44-26-33-12-3-4-14-34(33)41/h1-27H. The summed E-state index contributed by atoms with van der Waals surface area (Å²) in [5.41, 5.74) is 7.41. The van der Waals surface area contributed by atoms with Gasteiger partial charge in [0.1, 0.15) is 0 Å². The lowest BCUT2D eigenvalue weighted by Crippen LogP contribution is -1.92. The van der Waals surface area contributed by atoms with Gasteiger partial charge in [0, 0.05) is 23.3 Å². The number of rotatable bonds is 3. The van der Waals surface area contributed by atoms with Crippen LogP contribution in [0.25, 0.3) is 87.2 Å². The Bertz CT molecular complexity index is 2500. The lowest BCUT2D eigenvalue weighted by Gasteiger charge is -2.19. The van der Waals surface area contributed by atoms with Gasteiger partial charge in [0.15, 0.2) is 0 Å². The fraction of sp³-hybridized carbons (Fsp3) is 0. The minimum atomic E-state index is 1.16. The maximum Gasteiger partial charge on any atom is 0.0352 e. The van der Waals surface area contributed by atoms with Gasteiger partial charge in [-0.1, -0.05) is 140 Å². The molecule has 8 aromatic carbocycles. The van der Waals surface area contributed by atoms with Crippen LogP contribution in [-0.2, 0) is 0 Å². The molecule has 0 atom stereocenters. The summed E-state index contributed by atoms with van der Waals surface area (Å²) in [4.78, 5) is 4.55. The van der Waals surface area contributed by atoms with Gasteiger partial charge in [0.2, 0.25) is 0 Å². The van der Waals surface area contributed by atoms with Crippen molar-refractivity contribution >= 4 is 53.9 Å². The topological polar surface area (TPSA) is 12.9 Å². The first-order valence-corrected chi connectivity index (χ1v) is 15.1. The molecule has 0 spiro atoms. The summed E-state index contributed by atoms with van der Waals surface area (Å²) < 4.78 is 0. The Labute approximate surface area is 255 Å². The predicted molar refractivity (Wildman–Crippen MR) is 188 cm³/mol. The third-order valence-electron chi connectivity index (χ3n) is 9.10. The highest BCUT2D eigenvalue weighted by Crippen LogP contribution is 2.46. The molecule has 0 unspecified atom stereocenters. The molecule has 204 valence electrons. The largest absolute Gasteiger partial charge is 0.263 e. The van der Waals surface area contributed by atoms with E-state index >= 15 is 0 Å². The van der Waals surface area contributed by atoms with Gasteiger partial charge in [-0.15, -0.1) is 0 Å². The minimum Gasteiger partial charge on any atom is -0.263 e. The Balaban J connectivity index is 1.31. The summed E-state index contributed by atoms with van der Waals surface area (Å²) in [5, 5.41) is 12.4. The molecule has 0 N–H and O–H groups in total. The molecule has 0 fully saturated rings. The lowest BCUT2D eigenvalue weighted by atomic mass is 9.84. The fourth-order valence-corrected chi connectivity index (χ4v) is 7.09. The first-order chi connectivity index (χ1) is 21.8. The number of aromatic nitrogens is 1. The van der Waals surface area contributed by atoms with Crippen LogP contribution in [0.3, 0.4) is 0 Å². The van der Waals surface area contributed by atoms with Crippen molar-refractivity contribution < 1.29 is 0 Å². The molecule has 1 nitrogen and oxygen atoms in total. The van der Waals surface area contributed by atoms with Crippen LogP contribution in [0.5, 0.6) is 0 Å². The van der Waals surface area contributed by atoms with Crippen LogP contribution in [0.4, 0.5) is 0 Å². The molecule has 0 amide bonds. The smallest absolute Gasteiger partial charge is 0.0352 e. The molecule has 1 heteroatoms. The highest BCUT2D eigenvalue weighted by molar-refractivity contribution is 6.24. The van der Waals surface area contributed by atoms with Crippen molar-refractivity contribution in [2.45, 2.75) is 0 Å². The Morgan fingerprint density at radius 2 is 0.841 bits per heavy atom. The zero-order valence-electron chi connectivity index (χ0n) is 24.0. The second-order valence-corrected chi connectivity index (χ2v) is 11.6. The van der Waals surface area contributed by atoms with Gasteiger partial charge in [0.05, 0.1) is 0 Å². The number of fused-ring (bicyclic) bond motifs is 5. The fourth-order valence-electron chi connectivity index (χ4n) is 7.09. The van der Waals surface area contributed by atoms with E-state index < -0.39 is 0 Å². The normalized spacial score (nSPS) is 11.6. The van der Waals surface area contributed by atoms with E-state index in [1.807, 2.05) is 12.4 Å². The van der Waals surface area contributed by atoms with Crippen molar-refractivity contribution in [2.75, 3.05) is 0 Å². The minimum absolute atomic E-state index is 1.16. The summed E-state index contributed by atoms with van der Waals surface area (Å²) in [6.45, 7) is 0. The zero-order valence-corrected chi connectivity index (χ0v) is 24.0. The summed E-state index contributed by atoms with van der Waals surface area (Å²) >= 11 is 0. The number of pyridine rings is 1. The number of hydrogen-bond acceptors (Lipinski definition) is 1. The molecular formula is C43H27N. The van der Waals surface area contributed by atoms with E-state index in [-0.39, 0.29) is 0 Å². The summed E-state index contributed by atoms with van der Waals surface area (Å²) in [7, 11) is 0. The Hall–Kier alpha value is -5.79. The molecule has 1 heterocycles. The molecule has 0 saturated heterocycles. The summed E-state index contributed by atoms with van der Waals surface area (Å²) in [5.74, 6) is 0. The van der Waals surface area contributed by atoms with Crippen LogP contribution in [0.15, 0.2) is 164 Å². The average molecular weight is 558 g/mol. The molecule has 9 aromatic rings. The van der Waals surface area contributed by atoms with E-state index in [4.69, 9.17) is 0 Å². The van der Waals surface area contributed by atoms with Crippen LogP contribution in [0.2, 0.25) is 0 Å². The van der Waals surface area contributed by atoms with E-state index in [0.717, 1.165) is 10.9 Å². The highest BCUT2D eigenvalue weighted by Gasteiger charge is 2.18.